The molecule has 1 saturated carbocycles. The minimum absolute atomic E-state index is 0.0915. The summed E-state index contributed by atoms with van der Waals surface area (Å²) < 4.78 is 5.88. The van der Waals surface area contributed by atoms with E-state index in [4.69, 9.17) is 4.74 Å². The molecule has 138 valence electrons. The first-order valence-electron chi connectivity index (χ1n) is 8.89. The Labute approximate surface area is 152 Å². The molecule has 1 fully saturated rings. The maximum atomic E-state index is 12.4. The summed E-state index contributed by atoms with van der Waals surface area (Å²) in [7, 11) is 1.70. The van der Waals surface area contributed by atoms with E-state index in [1.54, 1.807) is 24.1 Å². The van der Waals surface area contributed by atoms with Gasteiger partial charge in [0.2, 0.25) is 5.56 Å². The summed E-state index contributed by atoms with van der Waals surface area (Å²) in [6.45, 7) is 0.509. The van der Waals surface area contributed by atoms with Crippen molar-refractivity contribution >= 4 is 5.91 Å². The van der Waals surface area contributed by atoms with E-state index in [2.05, 4.69) is 4.98 Å². The lowest BCUT2D eigenvalue weighted by atomic mass is 10.0. The fourth-order valence-electron chi connectivity index (χ4n) is 3.38. The number of nitrogens with one attached hydrogen (secondary N) is 1. The Morgan fingerprint density at radius 3 is 2.69 bits per heavy atom. The van der Waals surface area contributed by atoms with E-state index in [1.807, 2.05) is 30.3 Å². The molecule has 1 heterocycles. The third kappa shape index (κ3) is 4.32. The number of ether oxygens (including phenoxy) is 1. The van der Waals surface area contributed by atoms with Gasteiger partial charge in [-0.05, 0) is 43.4 Å². The van der Waals surface area contributed by atoms with Gasteiger partial charge in [0.15, 0.2) is 0 Å². The number of carbonyl (C=O) groups excluding carboxylic acids is 1. The zero-order valence-corrected chi connectivity index (χ0v) is 14.8. The second-order valence-electron chi connectivity index (χ2n) is 6.74. The maximum absolute atomic E-state index is 12.4. The summed E-state index contributed by atoms with van der Waals surface area (Å²) >= 11 is 0. The topological polar surface area (TPSA) is 82.6 Å². The van der Waals surface area contributed by atoms with E-state index in [0.29, 0.717) is 13.0 Å². The number of pyridine rings is 1. The SMILES string of the molecule is CN(CC[C@H]1CC[C@@H](Oc2ccccc2)[C@@H]1O)C(=O)c1cccc(=O)[nH]1. The van der Waals surface area contributed by atoms with Gasteiger partial charge in [0.1, 0.15) is 17.5 Å². The molecule has 3 rings (SSSR count). The number of para-hydroxylation sites is 1. The molecule has 3 atom stereocenters. The molecular formula is C20H24N2O4. The number of H-pyrrole nitrogens is 1. The minimum Gasteiger partial charge on any atom is -0.488 e. The van der Waals surface area contributed by atoms with Crippen LogP contribution < -0.4 is 10.3 Å². The Kier molecular flexibility index (Phi) is 5.73. The molecule has 1 aromatic heterocycles. The van der Waals surface area contributed by atoms with E-state index in [9.17, 15) is 14.7 Å². The normalized spacial score (nSPS) is 22.2. The Morgan fingerprint density at radius 2 is 1.96 bits per heavy atom. The molecule has 0 radical (unpaired) electrons. The molecule has 1 aliphatic rings. The van der Waals surface area contributed by atoms with Gasteiger partial charge in [-0.25, -0.2) is 0 Å². The van der Waals surface area contributed by atoms with Crippen LogP contribution in [0.5, 0.6) is 5.75 Å². The molecule has 0 spiro atoms. The second kappa shape index (κ2) is 8.19. The van der Waals surface area contributed by atoms with Crippen molar-refractivity contribution in [1.82, 2.24) is 9.88 Å². The number of aromatic amines is 1. The third-order valence-corrected chi connectivity index (χ3v) is 4.90. The van der Waals surface area contributed by atoms with Gasteiger partial charge < -0.3 is 19.7 Å². The van der Waals surface area contributed by atoms with E-state index in [0.717, 1.165) is 18.6 Å². The fourth-order valence-corrected chi connectivity index (χ4v) is 3.38. The Morgan fingerprint density at radius 1 is 1.19 bits per heavy atom. The Balaban J connectivity index is 1.51. The standard InChI is InChI=1S/C20H24N2O4/c1-22(20(25)16-8-5-9-18(23)21-16)13-12-14-10-11-17(19(14)24)26-15-6-3-2-4-7-15/h2-9,14,17,19,24H,10-13H2,1H3,(H,21,23)/t14-,17-,19-/m1/s1. The number of aliphatic hydroxyl groups excluding tert-OH is 1. The number of carbonyl (C=O) groups is 1. The van der Waals surface area contributed by atoms with Crippen molar-refractivity contribution in [2.24, 2.45) is 5.92 Å². The predicted octanol–water partition coefficient (Wildman–Crippen LogP) is 2.06. The van der Waals surface area contributed by atoms with Crippen LogP contribution >= 0.6 is 0 Å². The van der Waals surface area contributed by atoms with Gasteiger partial charge in [-0.2, -0.15) is 0 Å². The summed E-state index contributed by atoms with van der Waals surface area (Å²) in [5.74, 6) is 0.624. The fraction of sp³-hybridized carbons (Fsp3) is 0.400. The highest BCUT2D eigenvalue weighted by Crippen LogP contribution is 2.32. The second-order valence-corrected chi connectivity index (χ2v) is 6.74. The molecule has 2 N–H and O–H groups in total. The molecule has 1 aromatic carbocycles. The average molecular weight is 356 g/mol. The highest BCUT2D eigenvalue weighted by molar-refractivity contribution is 5.91. The first-order chi connectivity index (χ1) is 12.5. The van der Waals surface area contributed by atoms with Crippen molar-refractivity contribution in [3.05, 3.63) is 64.6 Å². The van der Waals surface area contributed by atoms with Crippen molar-refractivity contribution in [3.8, 4) is 5.75 Å². The molecule has 26 heavy (non-hydrogen) atoms. The Hall–Kier alpha value is -2.60. The van der Waals surface area contributed by atoms with E-state index < -0.39 is 6.10 Å². The zero-order valence-electron chi connectivity index (χ0n) is 14.8. The number of aliphatic hydroxyl groups is 1. The zero-order chi connectivity index (χ0) is 18.5. The smallest absolute Gasteiger partial charge is 0.270 e. The molecule has 0 unspecified atom stereocenters. The monoisotopic (exact) mass is 356 g/mol. The lowest BCUT2D eigenvalue weighted by Crippen LogP contribution is -2.34. The van der Waals surface area contributed by atoms with Crippen LogP contribution in [-0.2, 0) is 0 Å². The largest absolute Gasteiger partial charge is 0.488 e. The van der Waals surface area contributed by atoms with Crippen LogP contribution in [-0.4, -0.2) is 46.7 Å². The van der Waals surface area contributed by atoms with Crippen LogP contribution in [0.1, 0.15) is 29.8 Å². The third-order valence-electron chi connectivity index (χ3n) is 4.90. The van der Waals surface area contributed by atoms with Crippen LogP contribution in [0.15, 0.2) is 53.3 Å². The number of nitrogens with zero attached hydrogens (tertiary/aromatic N) is 1. The number of amides is 1. The molecule has 6 nitrogen and oxygen atoms in total. The van der Waals surface area contributed by atoms with Crippen LogP contribution in [0.4, 0.5) is 0 Å². The molecule has 1 aliphatic carbocycles. The Bertz CT molecular complexity index is 790. The van der Waals surface area contributed by atoms with Gasteiger partial charge in [0.05, 0.1) is 6.10 Å². The van der Waals surface area contributed by atoms with Crippen molar-refractivity contribution in [1.29, 1.82) is 0 Å². The van der Waals surface area contributed by atoms with E-state index in [-0.39, 0.29) is 29.2 Å². The minimum atomic E-state index is -0.546. The van der Waals surface area contributed by atoms with E-state index in [1.165, 1.54) is 6.07 Å². The van der Waals surface area contributed by atoms with Gasteiger partial charge in [0.25, 0.3) is 5.91 Å². The number of hydrogen-bond acceptors (Lipinski definition) is 4. The molecule has 2 aromatic rings. The van der Waals surface area contributed by atoms with Gasteiger partial charge >= 0.3 is 0 Å². The van der Waals surface area contributed by atoms with Gasteiger partial charge in [-0.15, -0.1) is 0 Å². The predicted molar refractivity (Wildman–Crippen MR) is 98.2 cm³/mol. The number of aromatic nitrogens is 1. The molecule has 0 aliphatic heterocycles. The molecule has 0 saturated heterocycles. The molecule has 6 heteroatoms. The first-order valence-corrected chi connectivity index (χ1v) is 8.89. The van der Waals surface area contributed by atoms with Crippen LogP contribution in [0, 0.1) is 5.92 Å². The summed E-state index contributed by atoms with van der Waals surface area (Å²) in [6, 6.07) is 14.0. The summed E-state index contributed by atoms with van der Waals surface area (Å²) in [4.78, 5) is 27.8. The van der Waals surface area contributed by atoms with Gasteiger partial charge in [-0.1, -0.05) is 24.3 Å². The van der Waals surface area contributed by atoms with Crippen molar-refractivity contribution in [2.45, 2.75) is 31.5 Å². The van der Waals surface area contributed by atoms with Crippen LogP contribution in [0.2, 0.25) is 0 Å². The van der Waals surface area contributed by atoms with Gasteiger partial charge in [-0.3, -0.25) is 9.59 Å². The van der Waals surface area contributed by atoms with Crippen molar-refractivity contribution in [3.63, 3.8) is 0 Å². The lowest BCUT2D eigenvalue weighted by Gasteiger charge is -2.23. The summed E-state index contributed by atoms with van der Waals surface area (Å²) in [5.41, 5.74) is -0.0198. The van der Waals surface area contributed by atoms with Crippen LogP contribution in [0.25, 0.3) is 0 Å². The lowest BCUT2D eigenvalue weighted by molar-refractivity contribution is 0.0305. The van der Waals surface area contributed by atoms with Gasteiger partial charge in [0, 0.05) is 19.7 Å². The highest BCUT2D eigenvalue weighted by Gasteiger charge is 2.36. The number of benzene rings is 1. The average Bonchev–Trinajstić information content (AvgIpc) is 2.99. The highest BCUT2D eigenvalue weighted by atomic mass is 16.5. The van der Waals surface area contributed by atoms with Crippen molar-refractivity contribution in [2.75, 3.05) is 13.6 Å². The van der Waals surface area contributed by atoms with E-state index >= 15 is 0 Å². The van der Waals surface area contributed by atoms with Crippen LogP contribution in [0.3, 0.4) is 0 Å². The first kappa shape index (κ1) is 18.2. The summed E-state index contributed by atoms with van der Waals surface area (Å²) in [5, 5.41) is 10.5. The quantitative estimate of drug-likeness (QED) is 0.830. The molecule has 0 bridgehead atoms. The molecular weight excluding hydrogens is 332 g/mol. The number of hydrogen-bond donors (Lipinski definition) is 2. The van der Waals surface area contributed by atoms with Crippen molar-refractivity contribution < 1.29 is 14.6 Å². The molecule has 1 amide bonds. The summed E-state index contributed by atoms with van der Waals surface area (Å²) in [6.07, 6.45) is 1.59. The number of rotatable bonds is 6. The maximum Gasteiger partial charge on any atom is 0.270 e.